The summed E-state index contributed by atoms with van der Waals surface area (Å²) < 4.78 is 31.2. The van der Waals surface area contributed by atoms with Crippen LogP contribution in [-0.4, -0.2) is 40.4 Å². The molecule has 2 aromatic rings. The number of phenols is 3. The summed E-state index contributed by atoms with van der Waals surface area (Å²) in [7, 11) is 0. The number of halogens is 3. The summed E-state index contributed by atoms with van der Waals surface area (Å²) in [6.45, 7) is 1.06. The predicted molar refractivity (Wildman–Crippen MR) is 117 cm³/mol. The fraction of sp³-hybridized carbons (Fsp3) is 0.458. The summed E-state index contributed by atoms with van der Waals surface area (Å²) in [5.74, 6) is 0.856. The first-order chi connectivity index (χ1) is 15.6. The minimum Gasteiger partial charge on any atom is -0.508 e. The van der Waals surface area contributed by atoms with E-state index in [0.29, 0.717) is 23.3 Å². The number of aromatic hydroxyl groups is 3. The largest absolute Gasteiger partial charge is 0.508 e. The molecule has 0 aromatic heterocycles. The Labute approximate surface area is 189 Å². The molecular formula is C24H27F3N2O4. The van der Waals surface area contributed by atoms with E-state index < -0.39 is 12.5 Å². The second-order valence-electron chi connectivity index (χ2n) is 9.04. The molecule has 5 N–H and O–H groups in total. The van der Waals surface area contributed by atoms with Crippen LogP contribution in [0.3, 0.4) is 0 Å². The van der Waals surface area contributed by atoms with Gasteiger partial charge in [0.15, 0.2) is 0 Å². The summed E-state index contributed by atoms with van der Waals surface area (Å²) in [6, 6.07) is 8.94. The quantitative estimate of drug-likeness (QED) is 0.252. The molecule has 1 heterocycles. The molecule has 1 aliphatic heterocycles. The average molecular weight is 464 g/mol. The molecule has 178 valence electrons. The van der Waals surface area contributed by atoms with Crippen LogP contribution in [0.1, 0.15) is 43.2 Å². The molecule has 9 heteroatoms. The van der Waals surface area contributed by atoms with Crippen LogP contribution < -0.4 is 10.6 Å². The van der Waals surface area contributed by atoms with E-state index in [1.807, 2.05) is 12.1 Å². The summed E-state index contributed by atoms with van der Waals surface area (Å²) in [4.78, 5) is 8.70. The van der Waals surface area contributed by atoms with Crippen LogP contribution in [0.2, 0.25) is 0 Å². The number of hydrogen-bond donors (Lipinski definition) is 5. The van der Waals surface area contributed by atoms with Crippen LogP contribution in [-0.2, 0) is 16.6 Å². The lowest BCUT2D eigenvalue weighted by Crippen LogP contribution is -2.59. The van der Waals surface area contributed by atoms with E-state index in [1.54, 1.807) is 6.07 Å². The van der Waals surface area contributed by atoms with Crippen molar-refractivity contribution in [3.8, 4) is 17.2 Å². The number of benzene rings is 2. The Morgan fingerprint density at radius 2 is 1.76 bits per heavy atom. The lowest BCUT2D eigenvalue weighted by molar-refractivity contribution is -0.156. The van der Waals surface area contributed by atoms with E-state index in [9.17, 15) is 28.5 Å². The molecule has 1 saturated carbocycles. The zero-order valence-corrected chi connectivity index (χ0v) is 18.0. The monoisotopic (exact) mass is 464 g/mol. The Kier molecular flexibility index (Phi) is 6.18. The van der Waals surface area contributed by atoms with Crippen molar-refractivity contribution in [2.24, 2.45) is 5.92 Å². The zero-order chi connectivity index (χ0) is 23.8. The summed E-state index contributed by atoms with van der Waals surface area (Å²) in [5, 5.41) is 37.1. The van der Waals surface area contributed by atoms with E-state index in [2.05, 4.69) is 10.6 Å². The van der Waals surface area contributed by atoms with Gasteiger partial charge < -0.3 is 26.0 Å². The Morgan fingerprint density at radius 3 is 2.45 bits per heavy atom. The van der Waals surface area contributed by atoms with Gasteiger partial charge in [0.25, 0.3) is 0 Å². The predicted octanol–water partition coefficient (Wildman–Crippen LogP) is 4.64. The summed E-state index contributed by atoms with van der Waals surface area (Å²) in [5.41, 5.74) is 3.90. The van der Waals surface area contributed by atoms with Gasteiger partial charge in [-0.3, -0.25) is 4.79 Å². The lowest BCUT2D eigenvalue weighted by Gasteiger charge is -2.56. The Morgan fingerprint density at radius 1 is 1.03 bits per heavy atom. The van der Waals surface area contributed by atoms with E-state index in [4.69, 9.17) is 4.79 Å². The van der Waals surface area contributed by atoms with Crippen molar-refractivity contribution in [1.29, 1.82) is 0 Å². The van der Waals surface area contributed by atoms with Crippen molar-refractivity contribution < 1.29 is 33.3 Å². The minimum atomic E-state index is -4.64. The number of fused-ring (bicyclic) bond motifs is 1. The topological polar surface area (TPSA) is 102 Å². The second-order valence-corrected chi connectivity index (χ2v) is 9.04. The standard InChI is InChI=1S/C22H26N2O3.C2HF3O/c25-14-4-5-17(20(26)11-14)24-19-10-13-9-18-15-3-1-2-6-22(15,7-8-23-18)16(13)12-21(19)27;3-2(4,5)1-6/h4-5,10-12,15,18,23-27H,1-3,6-9H2;1H/t15-,18+,22+;/m1./s1. The number of piperidine rings is 1. The lowest BCUT2D eigenvalue weighted by atomic mass is 9.53. The minimum absolute atomic E-state index is 0.00838. The number of carbonyl (C=O) groups excluding carboxylic acids is 1. The highest BCUT2D eigenvalue weighted by atomic mass is 19.4. The molecule has 0 amide bonds. The molecule has 3 atom stereocenters. The van der Waals surface area contributed by atoms with Crippen LogP contribution in [0.15, 0.2) is 30.3 Å². The number of rotatable bonds is 2. The first kappa shape index (κ1) is 23.2. The van der Waals surface area contributed by atoms with Crippen molar-refractivity contribution in [2.45, 2.75) is 56.2 Å². The van der Waals surface area contributed by atoms with Gasteiger partial charge in [-0.15, -0.1) is 0 Å². The molecule has 0 radical (unpaired) electrons. The van der Waals surface area contributed by atoms with Gasteiger partial charge in [0.05, 0.1) is 11.4 Å². The highest BCUT2D eigenvalue weighted by Gasteiger charge is 2.51. The van der Waals surface area contributed by atoms with Crippen molar-refractivity contribution >= 4 is 17.7 Å². The maximum absolute atomic E-state index is 10.7. The van der Waals surface area contributed by atoms with Crippen molar-refractivity contribution in [1.82, 2.24) is 5.32 Å². The molecule has 3 aliphatic rings. The number of aldehydes is 1. The summed E-state index contributed by atoms with van der Waals surface area (Å²) in [6.07, 6.45) is 1.50. The Bertz CT molecular complexity index is 1040. The van der Waals surface area contributed by atoms with Crippen molar-refractivity contribution in [3.05, 3.63) is 41.5 Å². The molecular weight excluding hydrogens is 437 g/mol. The van der Waals surface area contributed by atoms with Crippen LogP contribution in [0.5, 0.6) is 17.2 Å². The fourth-order valence-electron chi connectivity index (χ4n) is 5.84. The number of carbonyl (C=O) groups is 1. The molecule has 5 rings (SSSR count). The number of hydrogen-bond acceptors (Lipinski definition) is 6. The highest BCUT2D eigenvalue weighted by Crippen LogP contribution is 2.55. The third-order valence-electron chi connectivity index (χ3n) is 7.14. The molecule has 2 bridgehead atoms. The van der Waals surface area contributed by atoms with Gasteiger partial charge in [0.1, 0.15) is 17.2 Å². The maximum Gasteiger partial charge on any atom is 0.446 e. The number of alkyl halides is 3. The van der Waals surface area contributed by atoms with Gasteiger partial charge >= 0.3 is 6.18 Å². The summed E-state index contributed by atoms with van der Waals surface area (Å²) >= 11 is 0. The number of phenolic OH excluding ortho intramolecular Hbond substituents is 3. The van der Waals surface area contributed by atoms with Gasteiger partial charge in [-0.2, -0.15) is 13.2 Å². The highest BCUT2D eigenvalue weighted by molar-refractivity contribution is 5.72. The van der Waals surface area contributed by atoms with Gasteiger partial charge in [-0.1, -0.05) is 12.8 Å². The molecule has 6 nitrogen and oxygen atoms in total. The molecule has 0 spiro atoms. The van der Waals surface area contributed by atoms with E-state index in [-0.39, 0.29) is 22.7 Å². The molecule has 2 aromatic carbocycles. The van der Waals surface area contributed by atoms with Crippen LogP contribution in [0.25, 0.3) is 0 Å². The Balaban J connectivity index is 0.000000385. The zero-order valence-electron chi connectivity index (χ0n) is 18.0. The van der Waals surface area contributed by atoms with Crippen LogP contribution >= 0.6 is 0 Å². The average Bonchev–Trinajstić information content (AvgIpc) is 2.77. The van der Waals surface area contributed by atoms with Gasteiger partial charge in [-0.25, -0.2) is 0 Å². The molecule has 1 saturated heterocycles. The SMILES string of the molecule is O=CC(F)(F)F.Oc1ccc(Nc2cc3c(cc2O)[C@]24CCCC[C@@H]2[C@H](C3)NCC4)c(O)c1. The third kappa shape index (κ3) is 4.59. The molecule has 0 unspecified atom stereocenters. The first-order valence-corrected chi connectivity index (χ1v) is 11.0. The normalized spacial score (nSPS) is 25.7. The van der Waals surface area contributed by atoms with Gasteiger partial charge in [0, 0.05) is 17.5 Å². The second kappa shape index (κ2) is 8.78. The maximum atomic E-state index is 10.7. The van der Waals surface area contributed by atoms with Crippen molar-refractivity contribution in [2.75, 3.05) is 11.9 Å². The third-order valence-corrected chi connectivity index (χ3v) is 7.14. The van der Waals surface area contributed by atoms with E-state index in [1.165, 1.54) is 48.9 Å². The van der Waals surface area contributed by atoms with Gasteiger partial charge in [-0.05, 0) is 73.5 Å². The molecule has 33 heavy (non-hydrogen) atoms. The van der Waals surface area contributed by atoms with Crippen LogP contribution in [0.4, 0.5) is 24.5 Å². The molecule has 2 fully saturated rings. The van der Waals surface area contributed by atoms with Crippen molar-refractivity contribution in [3.63, 3.8) is 0 Å². The molecule has 2 aliphatic carbocycles. The number of nitrogens with one attached hydrogen (secondary N) is 2. The smallest absolute Gasteiger partial charge is 0.446 e. The Hall–Kier alpha value is -2.94. The van der Waals surface area contributed by atoms with Crippen LogP contribution in [0, 0.1) is 5.92 Å². The van der Waals surface area contributed by atoms with Gasteiger partial charge in [0.2, 0.25) is 6.29 Å². The first-order valence-electron chi connectivity index (χ1n) is 11.0. The van der Waals surface area contributed by atoms with E-state index in [0.717, 1.165) is 19.4 Å². The fourth-order valence-corrected chi connectivity index (χ4v) is 5.84. The van der Waals surface area contributed by atoms with E-state index >= 15 is 0 Å². The number of anilines is 2.